The molecule has 0 N–H and O–H groups in total. The Labute approximate surface area is 196 Å². The molecule has 0 spiro atoms. The van der Waals surface area contributed by atoms with Gasteiger partial charge in [0.15, 0.2) is 0 Å². The van der Waals surface area contributed by atoms with Crippen LogP contribution in [0.2, 0.25) is 0 Å². The molecule has 2 bridgehead atoms. The van der Waals surface area contributed by atoms with Crippen LogP contribution in [-0.2, 0) is 0 Å². The lowest BCUT2D eigenvalue weighted by molar-refractivity contribution is 0.0707. The Morgan fingerprint density at radius 2 is 1.73 bits per heavy atom. The van der Waals surface area contributed by atoms with Gasteiger partial charge in [0.2, 0.25) is 5.13 Å². The van der Waals surface area contributed by atoms with Crippen LogP contribution in [0.5, 0.6) is 0 Å². The van der Waals surface area contributed by atoms with Crippen LogP contribution in [-0.4, -0.2) is 40.2 Å². The number of rotatable bonds is 2. The highest BCUT2D eigenvalue weighted by atomic mass is 32.1. The predicted molar refractivity (Wildman–Crippen MR) is 128 cm³/mol. The average molecular weight is 460 g/mol. The van der Waals surface area contributed by atoms with E-state index in [0.717, 1.165) is 35.4 Å². The minimum absolute atomic E-state index is 0.0546. The number of hydrogen-bond acceptors (Lipinski definition) is 5. The number of imide groups is 1. The summed E-state index contributed by atoms with van der Waals surface area (Å²) in [6.45, 7) is 7.70. The number of thiazole rings is 1. The van der Waals surface area contributed by atoms with Crippen LogP contribution in [0.15, 0.2) is 42.5 Å². The highest BCUT2D eigenvalue weighted by molar-refractivity contribution is 7.22. The second-order valence-corrected chi connectivity index (χ2v) is 11.8. The van der Waals surface area contributed by atoms with Gasteiger partial charge in [0.05, 0.1) is 21.3 Å². The van der Waals surface area contributed by atoms with Crippen molar-refractivity contribution in [3.05, 3.63) is 59.2 Å². The van der Waals surface area contributed by atoms with Crippen LogP contribution in [0, 0.1) is 10.8 Å². The molecule has 1 saturated carbocycles. The van der Waals surface area contributed by atoms with Crippen molar-refractivity contribution in [3.63, 3.8) is 0 Å². The first-order valence-electron chi connectivity index (χ1n) is 11.3. The van der Waals surface area contributed by atoms with Crippen LogP contribution in [0.25, 0.3) is 10.2 Å². The summed E-state index contributed by atoms with van der Waals surface area (Å²) in [5.74, 6) is -0.656. The summed E-state index contributed by atoms with van der Waals surface area (Å²) in [5, 5.41) is 0.340. The molecule has 168 valence electrons. The van der Waals surface area contributed by atoms with Gasteiger partial charge in [-0.15, -0.1) is 0 Å². The topological polar surface area (TPSA) is 70.6 Å². The third kappa shape index (κ3) is 3.13. The second-order valence-electron chi connectivity index (χ2n) is 10.8. The quantitative estimate of drug-likeness (QED) is 0.498. The largest absolute Gasteiger partial charge is 0.335 e. The molecule has 3 amide bonds. The van der Waals surface area contributed by atoms with E-state index in [0.29, 0.717) is 27.3 Å². The van der Waals surface area contributed by atoms with Gasteiger partial charge in [0.1, 0.15) is 0 Å². The van der Waals surface area contributed by atoms with Crippen molar-refractivity contribution in [3.8, 4) is 0 Å². The number of nitrogens with zero attached hydrogens (tertiary/aromatic N) is 3. The summed E-state index contributed by atoms with van der Waals surface area (Å²) in [6.07, 6.45) is 3.23. The molecular formula is C26H25N3O3S. The predicted octanol–water partition coefficient (Wildman–Crippen LogP) is 5.14. The summed E-state index contributed by atoms with van der Waals surface area (Å²) >= 11 is 1.27. The van der Waals surface area contributed by atoms with E-state index in [1.165, 1.54) is 11.3 Å². The number of hydrogen-bond donors (Lipinski definition) is 0. The molecule has 3 heterocycles. The maximum absolute atomic E-state index is 13.5. The number of benzene rings is 2. The lowest BCUT2D eigenvalue weighted by Crippen LogP contribution is -2.37. The molecule has 1 aliphatic carbocycles. The summed E-state index contributed by atoms with van der Waals surface area (Å²) in [5.41, 5.74) is 2.53. The zero-order chi connectivity index (χ0) is 23.1. The van der Waals surface area contributed by atoms with Crippen LogP contribution < -0.4 is 4.90 Å². The lowest BCUT2D eigenvalue weighted by Gasteiger charge is -2.39. The van der Waals surface area contributed by atoms with Crippen molar-refractivity contribution in [1.82, 2.24) is 9.88 Å². The number of amides is 3. The number of aromatic nitrogens is 1. The van der Waals surface area contributed by atoms with Gasteiger partial charge in [0, 0.05) is 18.2 Å². The molecule has 0 unspecified atom stereocenters. The van der Waals surface area contributed by atoms with Gasteiger partial charge in [0.25, 0.3) is 17.7 Å². The fraction of sp³-hybridized carbons (Fsp3) is 0.385. The second kappa shape index (κ2) is 6.73. The first-order chi connectivity index (χ1) is 15.6. The van der Waals surface area contributed by atoms with Gasteiger partial charge in [-0.2, -0.15) is 0 Å². The van der Waals surface area contributed by atoms with E-state index in [2.05, 4.69) is 30.7 Å². The zero-order valence-corrected chi connectivity index (χ0v) is 19.7. The third-order valence-corrected chi connectivity index (χ3v) is 8.29. The molecule has 0 radical (unpaired) electrons. The molecule has 7 heteroatoms. The van der Waals surface area contributed by atoms with Crippen LogP contribution in [0.3, 0.4) is 0 Å². The van der Waals surface area contributed by atoms with Gasteiger partial charge < -0.3 is 4.90 Å². The van der Waals surface area contributed by atoms with E-state index in [-0.39, 0.29) is 34.6 Å². The SMILES string of the molecule is CC1(C)C[C@H]2C[C@@](C)(CN2C(=O)c2ccc3nc(N4C(=O)c5ccccc5C4=O)sc3c2)C1. The van der Waals surface area contributed by atoms with Crippen LogP contribution in [0.1, 0.15) is 71.1 Å². The molecule has 1 saturated heterocycles. The normalized spacial score (nSPS) is 25.7. The van der Waals surface area contributed by atoms with E-state index in [4.69, 9.17) is 0 Å². The monoisotopic (exact) mass is 459 g/mol. The van der Waals surface area contributed by atoms with Crippen LogP contribution >= 0.6 is 11.3 Å². The van der Waals surface area contributed by atoms with E-state index >= 15 is 0 Å². The number of likely N-dealkylation sites (tertiary alicyclic amines) is 1. The molecule has 1 aromatic heterocycles. The maximum Gasteiger partial charge on any atom is 0.268 e. The van der Waals surface area contributed by atoms with E-state index < -0.39 is 0 Å². The molecule has 33 heavy (non-hydrogen) atoms. The molecular weight excluding hydrogens is 434 g/mol. The van der Waals surface area contributed by atoms with E-state index in [1.807, 2.05) is 18.2 Å². The van der Waals surface area contributed by atoms with Crippen LogP contribution in [0.4, 0.5) is 5.13 Å². The zero-order valence-electron chi connectivity index (χ0n) is 18.9. The molecule has 2 aliphatic heterocycles. The van der Waals surface area contributed by atoms with Gasteiger partial charge in [-0.3, -0.25) is 14.4 Å². The van der Waals surface area contributed by atoms with Crippen molar-refractivity contribution in [2.45, 2.75) is 46.1 Å². The smallest absolute Gasteiger partial charge is 0.268 e. The molecule has 2 aromatic carbocycles. The van der Waals surface area contributed by atoms with Crippen molar-refractivity contribution in [2.24, 2.45) is 10.8 Å². The number of anilines is 1. The minimum Gasteiger partial charge on any atom is -0.335 e. The number of carbonyl (C=O) groups is 3. The number of carbonyl (C=O) groups excluding carboxylic acids is 3. The number of fused-ring (bicyclic) bond motifs is 4. The highest BCUT2D eigenvalue weighted by Crippen LogP contribution is 2.52. The Morgan fingerprint density at radius 1 is 1.03 bits per heavy atom. The van der Waals surface area contributed by atoms with Crippen molar-refractivity contribution < 1.29 is 14.4 Å². The van der Waals surface area contributed by atoms with E-state index in [9.17, 15) is 14.4 Å². The Morgan fingerprint density at radius 3 is 2.42 bits per heavy atom. The summed E-state index contributed by atoms with van der Waals surface area (Å²) in [6, 6.07) is 12.6. The summed E-state index contributed by atoms with van der Waals surface area (Å²) in [7, 11) is 0. The lowest BCUT2D eigenvalue weighted by atomic mass is 9.65. The average Bonchev–Trinajstić information content (AvgIpc) is 3.36. The molecule has 6 nitrogen and oxygen atoms in total. The molecule has 2 fully saturated rings. The van der Waals surface area contributed by atoms with Crippen molar-refractivity contribution in [2.75, 3.05) is 11.4 Å². The Hall–Kier alpha value is -3.06. The first kappa shape index (κ1) is 20.5. The first-order valence-corrected chi connectivity index (χ1v) is 12.2. The molecule has 3 aliphatic rings. The Bertz CT molecular complexity index is 1320. The maximum atomic E-state index is 13.5. The highest BCUT2D eigenvalue weighted by Gasteiger charge is 2.51. The fourth-order valence-electron chi connectivity index (χ4n) is 6.37. The van der Waals surface area contributed by atoms with Gasteiger partial charge in [-0.05, 0) is 60.4 Å². The standard InChI is InChI=1S/C26H25N3O3S/c1-25(2)11-16-12-26(3,13-25)14-28(16)21(30)15-8-9-19-20(10-15)33-24(27-19)29-22(31)17-6-4-5-7-18(17)23(29)32/h4-10,16H,11-14H2,1-3H3/t16-,26+/m0/s1. The summed E-state index contributed by atoms with van der Waals surface area (Å²) in [4.78, 5) is 46.9. The third-order valence-electron chi connectivity index (χ3n) is 7.29. The van der Waals surface area contributed by atoms with Gasteiger partial charge >= 0.3 is 0 Å². The van der Waals surface area contributed by atoms with Crippen molar-refractivity contribution >= 4 is 44.4 Å². The Balaban J connectivity index is 1.31. The fourth-order valence-corrected chi connectivity index (χ4v) is 7.37. The van der Waals surface area contributed by atoms with E-state index in [1.54, 1.807) is 24.3 Å². The Kier molecular flexibility index (Phi) is 4.19. The van der Waals surface area contributed by atoms with Gasteiger partial charge in [-0.1, -0.05) is 44.2 Å². The minimum atomic E-state index is -0.355. The molecule has 2 atom stereocenters. The van der Waals surface area contributed by atoms with Crippen molar-refractivity contribution in [1.29, 1.82) is 0 Å². The van der Waals surface area contributed by atoms with Gasteiger partial charge in [-0.25, -0.2) is 9.88 Å². The molecule has 3 aromatic rings. The molecule has 6 rings (SSSR count). The summed E-state index contributed by atoms with van der Waals surface area (Å²) < 4.78 is 0.793.